The molecule has 0 aliphatic rings. The highest BCUT2D eigenvalue weighted by atomic mass is 79.9. The zero-order valence-electron chi connectivity index (χ0n) is 11.6. The van der Waals surface area contributed by atoms with E-state index in [0.29, 0.717) is 18.0 Å². The molecule has 108 valence electrons. The molecular formula is C14H22BrClN2O. The molecule has 0 radical (unpaired) electrons. The number of nitrogens with two attached hydrogens (primary N) is 1. The lowest BCUT2D eigenvalue weighted by Gasteiger charge is -2.31. The standard InChI is InChI=1S/C14H21BrN2O.ClH/c1-10(2)8-14(3,9-16)17-13(18)11-4-6-12(15)7-5-11;/h4-7,10H,8-9,16H2,1-3H3,(H,17,18);1H. The van der Waals surface area contributed by atoms with Crippen LogP contribution >= 0.6 is 28.3 Å². The van der Waals surface area contributed by atoms with Crippen molar-refractivity contribution in [2.45, 2.75) is 32.7 Å². The van der Waals surface area contributed by atoms with E-state index in [4.69, 9.17) is 5.73 Å². The summed E-state index contributed by atoms with van der Waals surface area (Å²) in [6, 6.07) is 7.31. The first-order valence-electron chi connectivity index (χ1n) is 6.14. The monoisotopic (exact) mass is 348 g/mol. The first-order chi connectivity index (χ1) is 8.36. The Bertz CT molecular complexity index is 408. The van der Waals surface area contributed by atoms with Crippen molar-refractivity contribution >= 4 is 34.2 Å². The quantitative estimate of drug-likeness (QED) is 0.856. The number of carbonyl (C=O) groups excluding carboxylic acids is 1. The van der Waals surface area contributed by atoms with Gasteiger partial charge in [0, 0.05) is 22.1 Å². The molecular weight excluding hydrogens is 328 g/mol. The highest BCUT2D eigenvalue weighted by Crippen LogP contribution is 2.17. The summed E-state index contributed by atoms with van der Waals surface area (Å²) < 4.78 is 0.961. The van der Waals surface area contributed by atoms with E-state index in [2.05, 4.69) is 35.1 Å². The predicted molar refractivity (Wildman–Crippen MR) is 85.8 cm³/mol. The van der Waals surface area contributed by atoms with Crippen LogP contribution in [-0.2, 0) is 0 Å². The molecule has 1 rings (SSSR count). The summed E-state index contributed by atoms with van der Waals surface area (Å²) in [5.41, 5.74) is 6.09. The van der Waals surface area contributed by atoms with Crippen LogP contribution in [0.2, 0.25) is 0 Å². The molecule has 0 fully saturated rings. The molecule has 3 nitrogen and oxygen atoms in total. The van der Waals surface area contributed by atoms with Crippen molar-refractivity contribution in [1.82, 2.24) is 5.32 Å². The predicted octanol–water partition coefficient (Wildman–Crippen LogP) is 3.36. The van der Waals surface area contributed by atoms with Crippen LogP contribution in [0.1, 0.15) is 37.6 Å². The normalized spacial score (nSPS) is 13.6. The molecule has 3 N–H and O–H groups in total. The minimum absolute atomic E-state index is 0. The van der Waals surface area contributed by atoms with E-state index in [1.165, 1.54) is 0 Å². The van der Waals surface area contributed by atoms with Gasteiger partial charge in [0.2, 0.25) is 0 Å². The molecule has 0 aliphatic heterocycles. The molecule has 0 saturated heterocycles. The molecule has 0 heterocycles. The Morgan fingerprint density at radius 3 is 2.32 bits per heavy atom. The second-order valence-electron chi connectivity index (χ2n) is 5.32. The second kappa shape index (κ2) is 7.88. The van der Waals surface area contributed by atoms with Gasteiger partial charge in [-0.3, -0.25) is 4.79 Å². The molecule has 5 heteroatoms. The van der Waals surface area contributed by atoms with Crippen molar-refractivity contribution in [2.24, 2.45) is 11.7 Å². The molecule has 1 aromatic carbocycles. The van der Waals surface area contributed by atoms with Crippen LogP contribution in [0.4, 0.5) is 0 Å². The summed E-state index contributed by atoms with van der Waals surface area (Å²) in [4.78, 5) is 12.1. The van der Waals surface area contributed by atoms with Crippen LogP contribution in [0.3, 0.4) is 0 Å². The van der Waals surface area contributed by atoms with Gasteiger partial charge in [0.1, 0.15) is 0 Å². The molecule has 1 aromatic rings. The molecule has 0 bridgehead atoms. The summed E-state index contributed by atoms with van der Waals surface area (Å²) in [5, 5.41) is 3.03. The third kappa shape index (κ3) is 5.93. The van der Waals surface area contributed by atoms with E-state index in [1.54, 1.807) is 12.1 Å². The zero-order chi connectivity index (χ0) is 13.8. The number of rotatable bonds is 5. The van der Waals surface area contributed by atoms with E-state index in [1.807, 2.05) is 19.1 Å². The lowest BCUT2D eigenvalue weighted by Crippen LogP contribution is -2.52. The van der Waals surface area contributed by atoms with Gasteiger partial charge in [-0.2, -0.15) is 0 Å². The molecule has 1 atom stereocenters. The van der Waals surface area contributed by atoms with Gasteiger partial charge < -0.3 is 11.1 Å². The first kappa shape index (κ1) is 18.4. The molecule has 0 aromatic heterocycles. The fourth-order valence-corrected chi connectivity index (χ4v) is 2.30. The van der Waals surface area contributed by atoms with E-state index >= 15 is 0 Å². The number of hydrogen-bond donors (Lipinski definition) is 2. The molecule has 0 saturated carbocycles. The maximum atomic E-state index is 12.1. The van der Waals surface area contributed by atoms with Crippen LogP contribution in [0.5, 0.6) is 0 Å². The molecule has 1 amide bonds. The van der Waals surface area contributed by atoms with Crippen molar-refractivity contribution in [3.63, 3.8) is 0 Å². The fraction of sp³-hybridized carbons (Fsp3) is 0.500. The summed E-state index contributed by atoms with van der Waals surface area (Å²) in [6.07, 6.45) is 0.867. The largest absolute Gasteiger partial charge is 0.346 e. The SMILES string of the molecule is CC(C)CC(C)(CN)NC(=O)c1ccc(Br)cc1.Cl. The van der Waals surface area contributed by atoms with E-state index in [0.717, 1.165) is 10.9 Å². The van der Waals surface area contributed by atoms with Gasteiger partial charge in [0.25, 0.3) is 5.91 Å². The number of amides is 1. The van der Waals surface area contributed by atoms with Gasteiger partial charge in [0.05, 0.1) is 0 Å². The lowest BCUT2D eigenvalue weighted by atomic mass is 9.90. The minimum atomic E-state index is -0.349. The van der Waals surface area contributed by atoms with Crippen molar-refractivity contribution in [3.05, 3.63) is 34.3 Å². The number of hydrogen-bond acceptors (Lipinski definition) is 2. The Kier molecular flexibility index (Phi) is 7.64. The lowest BCUT2D eigenvalue weighted by molar-refractivity contribution is 0.0898. The van der Waals surface area contributed by atoms with Gasteiger partial charge in [-0.05, 0) is 43.5 Å². The average Bonchev–Trinajstić information content (AvgIpc) is 2.28. The van der Waals surface area contributed by atoms with Crippen molar-refractivity contribution < 1.29 is 4.79 Å². The third-order valence-electron chi connectivity index (χ3n) is 2.83. The number of carbonyl (C=O) groups is 1. The van der Waals surface area contributed by atoms with Crippen LogP contribution < -0.4 is 11.1 Å². The topological polar surface area (TPSA) is 55.1 Å². The summed E-state index contributed by atoms with van der Waals surface area (Å²) in [7, 11) is 0. The van der Waals surface area contributed by atoms with Gasteiger partial charge in [0.15, 0.2) is 0 Å². The molecule has 0 aliphatic carbocycles. The van der Waals surface area contributed by atoms with Crippen molar-refractivity contribution in [1.29, 1.82) is 0 Å². The van der Waals surface area contributed by atoms with Gasteiger partial charge in [-0.25, -0.2) is 0 Å². The van der Waals surface area contributed by atoms with Crippen molar-refractivity contribution in [2.75, 3.05) is 6.54 Å². The zero-order valence-corrected chi connectivity index (χ0v) is 14.0. The second-order valence-corrected chi connectivity index (χ2v) is 6.24. The Balaban J connectivity index is 0.00000324. The smallest absolute Gasteiger partial charge is 0.251 e. The number of halogens is 2. The molecule has 0 spiro atoms. The van der Waals surface area contributed by atoms with Crippen LogP contribution in [0, 0.1) is 5.92 Å². The summed E-state index contributed by atoms with van der Waals surface area (Å²) in [6.45, 7) is 6.68. The highest BCUT2D eigenvalue weighted by Gasteiger charge is 2.26. The van der Waals surface area contributed by atoms with Crippen LogP contribution in [0.15, 0.2) is 28.7 Å². The maximum absolute atomic E-state index is 12.1. The minimum Gasteiger partial charge on any atom is -0.346 e. The van der Waals surface area contributed by atoms with E-state index < -0.39 is 0 Å². The molecule has 1 unspecified atom stereocenters. The van der Waals surface area contributed by atoms with Gasteiger partial charge >= 0.3 is 0 Å². The van der Waals surface area contributed by atoms with E-state index in [9.17, 15) is 4.79 Å². The Hall–Kier alpha value is -0.580. The molecule has 19 heavy (non-hydrogen) atoms. The summed E-state index contributed by atoms with van der Waals surface area (Å²) >= 11 is 3.35. The highest BCUT2D eigenvalue weighted by molar-refractivity contribution is 9.10. The van der Waals surface area contributed by atoms with Gasteiger partial charge in [-0.1, -0.05) is 29.8 Å². The maximum Gasteiger partial charge on any atom is 0.251 e. The summed E-state index contributed by atoms with van der Waals surface area (Å²) in [5.74, 6) is 0.417. The van der Waals surface area contributed by atoms with Crippen LogP contribution in [0.25, 0.3) is 0 Å². The van der Waals surface area contributed by atoms with E-state index in [-0.39, 0.29) is 23.9 Å². The van der Waals surface area contributed by atoms with Crippen LogP contribution in [-0.4, -0.2) is 18.0 Å². The average molecular weight is 350 g/mol. The van der Waals surface area contributed by atoms with Crippen molar-refractivity contribution in [3.8, 4) is 0 Å². The Morgan fingerprint density at radius 1 is 1.37 bits per heavy atom. The van der Waals surface area contributed by atoms with Gasteiger partial charge in [-0.15, -0.1) is 12.4 Å². The Labute approximate surface area is 129 Å². The Morgan fingerprint density at radius 2 is 1.89 bits per heavy atom. The fourth-order valence-electron chi connectivity index (χ4n) is 2.03. The first-order valence-corrected chi connectivity index (χ1v) is 6.94. The number of benzene rings is 1. The third-order valence-corrected chi connectivity index (χ3v) is 3.36. The number of nitrogens with one attached hydrogen (secondary N) is 1.